The van der Waals surface area contributed by atoms with E-state index in [0.717, 1.165) is 24.8 Å². The van der Waals surface area contributed by atoms with Gasteiger partial charge in [0.1, 0.15) is 15.9 Å². The van der Waals surface area contributed by atoms with E-state index in [0.29, 0.717) is 17.6 Å². The van der Waals surface area contributed by atoms with Crippen LogP contribution in [-0.2, 0) is 10.0 Å². The molecule has 0 aliphatic carbocycles. The Kier molecular flexibility index (Phi) is 4.83. The van der Waals surface area contributed by atoms with Gasteiger partial charge in [0.2, 0.25) is 10.0 Å². The van der Waals surface area contributed by atoms with E-state index in [2.05, 4.69) is 24.4 Å². The zero-order valence-corrected chi connectivity index (χ0v) is 15.9. The third kappa shape index (κ3) is 3.47. The maximum Gasteiger partial charge on any atom is 0.242 e. The predicted octanol–water partition coefficient (Wildman–Crippen LogP) is 2.87. The number of benzene rings is 1. The normalized spacial score (nSPS) is 17.3. The summed E-state index contributed by atoms with van der Waals surface area (Å²) in [4.78, 5) is 3.75. The Hall–Kier alpha value is -1.39. The number of aromatic nitrogens is 2. The highest BCUT2D eigenvalue weighted by Crippen LogP contribution is 2.29. The third-order valence-corrected chi connectivity index (χ3v) is 7.43. The molecule has 0 amide bonds. The Balaban J connectivity index is 1.58. The summed E-state index contributed by atoms with van der Waals surface area (Å²) in [5.74, 6) is 0. The summed E-state index contributed by atoms with van der Waals surface area (Å²) in [6.45, 7) is 2.38. The van der Waals surface area contributed by atoms with Crippen LogP contribution in [0.25, 0.3) is 11.0 Å². The molecule has 6 nitrogen and oxygen atoms in total. The lowest BCUT2D eigenvalue weighted by Gasteiger charge is -2.26. The minimum Gasteiger partial charge on any atom is -0.294 e. The average molecular weight is 395 g/mol. The lowest BCUT2D eigenvalue weighted by Crippen LogP contribution is -2.36. The van der Waals surface area contributed by atoms with E-state index in [1.54, 1.807) is 29.5 Å². The van der Waals surface area contributed by atoms with Crippen molar-refractivity contribution >= 4 is 44.1 Å². The summed E-state index contributed by atoms with van der Waals surface area (Å²) in [5.41, 5.74) is 1.05. The fourth-order valence-corrected chi connectivity index (χ4v) is 5.87. The maximum atomic E-state index is 12.8. The molecule has 1 unspecified atom stereocenters. The highest BCUT2D eigenvalue weighted by atomic mass is 32.2. The van der Waals surface area contributed by atoms with E-state index in [9.17, 15) is 8.42 Å². The number of sulfonamides is 1. The van der Waals surface area contributed by atoms with Crippen LogP contribution in [0.4, 0.5) is 0 Å². The van der Waals surface area contributed by atoms with Gasteiger partial charge in [0.15, 0.2) is 0 Å². The van der Waals surface area contributed by atoms with E-state index in [-0.39, 0.29) is 10.9 Å². The van der Waals surface area contributed by atoms with E-state index in [1.807, 2.05) is 11.4 Å². The second kappa shape index (κ2) is 7.08. The van der Waals surface area contributed by atoms with Crippen molar-refractivity contribution in [2.75, 3.05) is 19.6 Å². The molecule has 0 saturated carbocycles. The minimum absolute atomic E-state index is 0.0741. The Labute approximate surface area is 154 Å². The lowest BCUT2D eigenvalue weighted by atomic mass is 10.2. The summed E-state index contributed by atoms with van der Waals surface area (Å²) < 4.78 is 36.7. The molecule has 1 aliphatic heterocycles. The molecule has 0 spiro atoms. The summed E-state index contributed by atoms with van der Waals surface area (Å²) in [6, 6.07) is 9.23. The molecular weight excluding hydrogens is 376 g/mol. The quantitative estimate of drug-likeness (QED) is 0.696. The molecule has 1 saturated heterocycles. The summed E-state index contributed by atoms with van der Waals surface area (Å²) in [6.07, 6.45) is 2.33. The first-order valence-corrected chi connectivity index (χ1v) is 11.2. The van der Waals surface area contributed by atoms with Gasteiger partial charge in [-0.15, -0.1) is 11.3 Å². The zero-order chi connectivity index (χ0) is 17.3. The number of hydrogen-bond acceptors (Lipinski definition) is 7. The number of hydrogen-bond donors (Lipinski definition) is 1. The van der Waals surface area contributed by atoms with Gasteiger partial charge in [-0.1, -0.05) is 12.1 Å². The second-order valence-electron chi connectivity index (χ2n) is 6.01. The number of thiophene rings is 1. The van der Waals surface area contributed by atoms with Crippen molar-refractivity contribution in [2.24, 2.45) is 0 Å². The number of nitrogens with zero attached hydrogens (tertiary/aromatic N) is 3. The lowest BCUT2D eigenvalue weighted by molar-refractivity contribution is 0.250. The standard InChI is InChI=1S/C16H18N4O2S3/c21-25(22,15-7-3-5-12-16(15)19-24-18-12)17-11-13(14-6-4-10-23-14)20-8-1-2-9-20/h3-7,10,13,17H,1-2,8-9,11H2. The predicted molar refractivity (Wildman–Crippen MR) is 100 cm³/mol. The van der Waals surface area contributed by atoms with Gasteiger partial charge in [-0.05, 0) is 49.5 Å². The van der Waals surface area contributed by atoms with Crippen LogP contribution in [0.1, 0.15) is 23.8 Å². The largest absolute Gasteiger partial charge is 0.294 e. The molecular formula is C16H18N4O2S3. The first-order valence-electron chi connectivity index (χ1n) is 8.13. The van der Waals surface area contributed by atoms with Gasteiger partial charge in [-0.2, -0.15) is 8.75 Å². The first-order chi connectivity index (χ1) is 12.1. The number of nitrogens with one attached hydrogen (secondary N) is 1. The smallest absolute Gasteiger partial charge is 0.242 e. The number of rotatable bonds is 6. The summed E-state index contributed by atoms with van der Waals surface area (Å²) in [7, 11) is -3.64. The van der Waals surface area contributed by atoms with Crippen LogP contribution in [0.5, 0.6) is 0 Å². The van der Waals surface area contributed by atoms with Crippen LogP contribution >= 0.6 is 23.1 Å². The van der Waals surface area contributed by atoms with Crippen molar-refractivity contribution in [3.8, 4) is 0 Å². The van der Waals surface area contributed by atoms with Gasteiger partial charge in [-0.25, -0.2) is 13.1 Å². The molecule has 2 aromatic heterocycles. The van der Waals surface area contributed by atoms with Crippen LogP contribution in [0.2, 0.25) is 0 Å². The highest BCUT2D eigenvalue weighted by molar-refractivity contribution is 7.89. The molecule has 132 valence electrons. The SMILES string of the molecule is O=S(=O)(NCC(c1cccs1)N1CCCC1)c1cccc2nsnc12. The van der Waals surface area contributed by atoms with Crippen LogP contribution in [-0.4, -0.2) is 41.7 Å². The zero-order valence-electron chi connectivity index (χ0n) is 13.5. The van der Waals surface area contributed by atoms with Crippen molar-refractivity contribution in [2.45, 2.75) is 23.8 Å². The van der Waals surface area contributed by atoms with Gasteiger partial charge < -0.3 is 0 Å². The third-order valence-electron chi connectivity index (χ3n) is 4.46. The van der Waals surface area contributed by atoms with Crippen LogP contribution in [0.15, 0.2) is 40.6 Å². The first kappa shape index (κ1) is 17.0. The van der Waals surface area contributed by atoms with Gasteiger partial charge in [0.05, 0.1) is 17.8 Å². The van der Waals surface area contributed by atoms with Gasteiger partial charge in [0, 0.05) is 11.4 Å². The van der Waals surface area contributed by atoms with E-state index >= 15 is 0 Å². The van der Waals surface area contributed by atoms with Crippen molar-refractivity contribution in [3.63, 3.8) is 0 Å². The average Bonchev–Trinajstić information content (AvgIpc) is 3.36. The Morgan fingerprint density at radius 3 is 2.76 bits per heavy atom. The monoisotopic (exact) mass is 394 g/mol. The molecule has 1 aliphatic rings. The molecule has 0 bridgehead atoms. The van der Waals surface area contributed by atoms with E-state index in [4.69, 9.17) is 0 Å². The van der Waals surface area contributed by atoms with Crippen molar-refractivity contribution < 1.29 is 8.42 Å². The molecule has 25 heavy (non-hydrogen) atoms. The number of likely N-dealkylation sites (tertiary alicyclic amines) is 1. The van der Waals surface area contributed by atoms with Gasteiger partial charge in [0.25, 0.3) is 0 Å². The summed E-state index contributed by atoms with van der Waals surface area (Å²) >= 11 is 2.70. The molecule has 3 aromatic rings. The minimum atomic E-state index is -3.64. The van der Waals surface area contributed by atoms with Gasteiger partial charge in [-0.3, -0.25) is 4.90 Å². The molecule has 3 heterocycles. The molecule has 0 radical (unpaired) electrons. The van der Waals surface area contributed by atoms with Crippen molar-refractivity contribution in [1.82, 2.24) is 18.4 Å². The Morgan fingerprint density at radius 1 is 1.16 bits per heavy atom. The van der Waals surface area contributed by atoms with Gasteiger partial charge >= 0.3 is 0 Å². The summed E-state index contributed by atoms with van der Waals surface area (Å²) in [5, 5.41) is 2.04. The highest BCUT2D eigenvalue weighted by Gasteiger charge is 2.27. The van der Waals surface area contributed by atoms with Crippen LogP contribution in [0, 0.1) is 0 Å². The fraction of sp³-hybridized carbons (Fsp3) is 0.375. The Morgan fingerprint density at radius 2 is 2.00 bits per heavy atom. The van der Waals surface area contributed by atoms with Crippen LogP contribution < -0.4 is 4.72 Å². The molecule has 9 heteroatoms. The van der Waals surface area contributed by atoms with E-state index in [1.165, 1.54) is 17.7 Å². The van der Waals surface area contributed by atoms with E-state index < -0.39 is 10.0 Å². The van der Waals surface area contributed by atoms with Crippen LogP contribution in [0.3, 0.4) is 0 Å². The maximum absolute atomic E-state index is 12.8. The molecule has 1 N–H and O–H groups in total. The van der Waals surface area contributed by atoms with Crippen molar-refractivity contribution in [3.05, 3.63) is 40.6 Å². The Bertz CT molecular complexity index is 947. The topological polar surface area (TPSA) is 75.2 Å². The molecule has 4 rings (SSSR count). The number of fused-ring (bicyclic) bond motifs is 1. The molecule has 1 fully saturated rings. The van der Waals surface area contributed by atoms with Crippen molar-refractivity contribution in [1.29, 1.82) is 0 Å². The second-order valence-corrected chi connectivity index (χ2v) is 9.26. The molecule has 1 aromatic carbocycles. The molecule has 1 atom stereocenters. The fourth-order valence-electron chi connectivity index (χ4n) is 3.21.